The number of likely N-dealkylation sites (N-methyl/N-ethyl adjacent to an activating group) is 2. The Morgan fingerprint density at radius 1 is 0.491 bits per heavy atom. The largest absolute Gasteiger partial charge is 0.390 e. The molecule has 0 bridgehead atoms. The Hall–Kier alpha value is -9.77. The van der Waals surface area contributed by atoms with Crippen LogP contribution in [0.3, 0.4) is 0 Å². The molecule has 6 aromatic carbocycles. The number of rotatable bonds is 15. The quantitative estimate of drug-likeness (QED) is 0.105. The molecule has 16 rings (SSSR count). The van der Waals surface area contributed by atoms with Gasteiger partial charge >= 0.3 is 0 Å². The molecule has 0 saturated heterocycles. The van der Waals surface area contributed by atoms with Crippen molar-refractivity contribution in [1.29, 1.82) is 0 Å². The second-order valence-corrected chi connectivity index (χ2v) is 31.5. The highest BCUT2D eigenvalue weighted by Gasteiger charge is 2.29. The van der Waals surface area contributed by atoms with Gasteiger partial charge in [-0.2, -0.15) is 0 Å². The maximum Gasteiger partial charge on any atom is 0.251 e. The van der Waals surface area contributed by atoms with E-state index in [-0.39, 0.29) is 19.2 Å². The lowest BCUT2D eigenvalue weighted by Gasteiger charge is -2.30. The summed E-state index contributed by atoms with van der Waals surface area (Å²) >= 11 is 6.35. The molecule has 110 heavy (non-hydrogen) atoms. The van der Waals surface area contributed by atoms with Crippen LogP contribution in [-0.2, 0) is 58.3 Å². The van der Waals surface area contributed by atoms with Crippen molar-refractivity contribution in [3.05, 3.63) is 271 Å². The van der Waals surface area contributed by atoms with E-state index < -0.39 is 5.60 Å². The summed E-state index contributed by atoms with van der Waals surface area (Å²) < 4.78 is 22.7. The number of pyridine rings is 2. The predicted octanol–water partition coefficient (Wildman–Crippen LogP) is 20.7. The minimum absolute atomic E-state index is 0. The number of carbonyl (C=O) groups excluding carboxylic acids is 1. The molecule has 0 atom stereocenters. The number of fused-ring (bicyclic) bond motifs is 12. The molecular weight excluding hydrogens is 1380 g/mol. The van der Waals surface area contributed by atoms with Gasteiger partial charge in [0.05, 0.1) is 27.7 Å². The van der Waals surface area contributed by atoms with Crippen LogP contribution < -0.4 is 5.32 Å². The number of carbonyl (C=O) groups is 1. The number of amides is 1. The molecule has 15 heteroatoms. The highest BCUT2D eigenvalue weighted by molar-refractivity contribution is 6.31. The zero-order chi connectivity index (χ0) is 76.8. The number of hydrogen-bond acceptors (Lipinski definition) is 8. The number of allylic oxidation sites excluding steroid dienone is 4. The molecule has 0 aliphatic carbocycles. The molecule has 0 saturated carbocycles. The van der Waals surface area contributed by atoms with Crippen LogP contribution in [0.5, 0.6) is 0 Å². The Balaban J connectivity index is 0.000000136. The van der Waals surface area contributed by atoms with Crippen LogP contribution in [0.2, 0.25) is 5.02 Å². The van der Waals surface area contributed by atoms with E-state index in [4.69, 9.17) is 11.6 Å². The smallest absolute Gasteiger partial charge is 0.251 e. The van der Waals surface area contributed by atoms with Gasteiger partial charge in [0.15, 0.2) is 0 Å². The lowest BCUT2D eigenvalue weighted by molar-refractivity contribution is 0.0558. The second-order valence-electron chi connectivity index (χ2n) is 31.1. The van der Waals surface area contributed by atoms with Crippen LogP contribution in [0.1, 0.15) is 170 Å². The predicted molar refractivity (Wildman–Crippen MR) is 462 cm³/mol. The van der Waals surface area contributed by atoms with E-state index in [0.29, 0.717) is 5.56 Å². The Labute approximate surface area is 656 Å². The summed E-state index contributed by atoms with van der Waals surface area (Å²) in [6.07, 6.45) is 23.6. The third-order valence-electron chi connectivity index (χ3n) is 22.3. The van der Waals surface area contributed by atoms with Gasteiger partial charge in [0.2, 0.25) is 0 Å². The maximum absolute atomic E-state index is 13.2. The second kappa shape index (κ2) is 35.1. The molecule has 10 heterocycles. The molecule has 6 aromatic heterocycles. The number of nitrogens with zero attached hydrogens (tertiary/aromatic N) is 10. The number of aryl methyl sites for hydroxylation is 3. The summed E-state index contributed by atoms with van der Waals surface area (Å²) in [5.74, 6) is -0.251. The highest BCUT2D eigenvalue weighted by atomic mass is 35.5. The van der Waals surface area contributed by atoms with Crippen LogP contribution in [0.15, 0.2) is 170 Å². The van der Waals surface area contributed by atoms with Crippen LogP contribution in [-0.4, -0.2) is 125 Å². The molecule has 0 unspecified atom stereocenters. The minimum Gasteiger partial charge on any atom is -0.390 e. The molecule has 572 valence electrons. The summed E-state index contributed by atoms with van der Waals surface area (Å²) in [6, 6.07) is 49.4. The molecule has 12 aromatic rings. The average Bonchev–Trinajstić information content (AvgIpc) is 1.63. The zero-order valence-corrected chi connectivity index (χ0v) is 66.8. The van der Waals surface area contributed by atoms with E-state index in [1.54, 1.807) is 7.05 Å². The standard InChI is InChI=1S/C24H28ClN3O.C24H27N3O.C23H25FN2.C23H27N3.CH4/c1-17(18-6-10-26-11-7-18)15-28-22-5-4-19(25)14-20(22)21-16-27(12-8-23(21)28)13-9-24(2,3)29;1-16-5-10-22-20(13-16)21-15-26(4)12-11-23(21)27(22)14-17(2)18-6-8-19(9-7-18)24(28)25-3;1-4-17-5-10-22-20(13-17)21-15-25(3)12-11-23(21)26(22)14-16(2)18-6-8-19(24)9-7-18;1-4-12-25-13-9-23-21(16-25)20-14-17(2)5-6-22(20)26(23)15-18(3)19-7-10-24-11-8-19;/h4-7,10-11,14-15,29H,8-9,12-13,16H2,1-3H3;5-10,13-14H,11-12,15H2,1-4H3,(H,25,28);5-10,13-14H,4,11-12,15H2,1-3H3;5-8,10-11,14-15H,4,9,12-13,16H2,1-3H3;1H4/b17-15+;17-14+;16-14+;18-15+;. The van der Waals surface area contributed by atoms with Crippen molar-refractivity contribution < 1.29 is 14.3 Å². The summed E-state index contributed by atoms with van der Waals surface area (Å²) in [5.41, 5.74) is 29.9. The van der Waals surface area contributed by atoms with E-state index in [1.165, 1.54) is 158 Å². The van der Waals surface area contributed by atoms with E-state index in [0.717, 1.165) is 119 Å². The van der Waals surface area contributed by atoms with Crippen molar-refractivity contribution in [2.75, 3.05) is 60.4 Å². The van der Waals surface area contributed by atoms with Gasteiger partial charge < -0.3 is 38.5 Å². The SMILES string of the molecule is C.C/C(=C\n1c2c(c3cc(Cl)ccc31)CN(CCC(C)(C)O)CC2)c1ccncc1.CCCN1CCc2c(c3cc(C)ccc3n2/C=C(\C)c2ccncc2)C1.CCc1ccc2c(c1)c1c(n2/C=C(\C)c2ccc(F)cc2)CCN(C)C1.CNC(=O)c1ccc(/C(C)=C/n2c3c(c4cc(C)ccc42)CN(C)CC3)cc1. The molecule has 2 N–H and O–H groups in total. The minimum atomic E-state index is -0.637. The first-order chi connectivity index (χ1) is 52.5. The highest BCUT2D eigenvalue weighted by Crippen LogP contribution is 2.39. The Kier molecular flexibility index (Phi) is 25.4. The first-order valence-electron chi connectivity index (χ1n) is 38.9. The first-order valence-corrected chi connectivity index (χ1v) is 39.3. The lowest BCUT2D eigenvalue weighted by atomic mass is 10.0. The molecule has 1 amide bonds. The van der Waals surface area contributed by atoms with Crippen LogP contribution in [0.4, 0.5) is 4.39 Å². The van der Waals surface area contributed by atoms with Gasteiger partial charge in [-0.15, -0.1) is 0 Å². The number of hydrogen-bond donors (Lipinski definition) is 2. The molecule has 4 aliphatic heterocycles. The number of halogens is 2. The van der Waals surface area contributed by atoms with E-state index in [2.05, 4.69) is 226 Å². The van der Waals surface area contributed by atoms with Crippen LogP contribution in [0.25, 0.3) is 90.7 Å². The Morgan fingerprint density at radius 3 is 1.27 bits per heavy atom. The number of benzene rings is 6. The summed E-state index contributed by atoms with van der Waals surface area (Å²) in [5, 5.41) is 18.9. The fourth-order valence-corrected chi connectivity index (χ4v) is 16.4. The lowest BCUT2D eigenvalue weighted by Crippen LogP contribution is -2.35. The van der Waals surface area contributed by atoms with Crippen molar-refractivity contribution in [2.45, 2.75) is 153 Å². The summed E-state index contributed by atoms with van der Waals surface area (Å²) in [6.45, 7) is 31.5. The molecule has 4 aliphatic rings. The molecule has 0 radical (unpaired) electrons. The van der Waals surface area contributed by atoms with Gasteiger partial charge in [0.1, 0.15) is 5.82 Å². The van der Waals surface area contributed by atoms with Gasteiger partial charge in [0, 0.05) is 196 Å². The summed E-state index contributed by atoms with van der Waals surface area (Å²) in [7, 11) is 6.03. The van der Waals surface area contributed by atoms with Gasteiger partial charge in [-0.05, 0) is 271 Å². The molecule has 0 fully saturated rings. The third kappa shape index (κ3) is 18.0. The van der Waals surface area contributed by atoms with Crippen molar-refractivity contribution in [3.63, 3.8) is 0 Å². The number of aromatic nitrogens is 6. The molecular formula is C95H111ClFN11O2. The van der Waals surface area contributed by atoms with Crippen LogP contribution in [0, 0.1) is 19.7 Å². The van der Waals surface area contributed by atoms with Crippen LogP contribution >= 0.6 is 11.6 Å². The fraction of sp³-hybridized carbons (Fsp3) is 0.337. The van der Waals surface area contributed by atoms with Gasteiger partial charge in [-0.25, -0.2) is 4.39 Å². The zero-order valence-electron chi connectivity index (χ0n) is 66.1. The maximum atomic E-state index is 13.2. The monoisotopic (exact) mass is 1490 g/mol. The van der Waals surface area contributed by atoms with Gasteiger partial charge in [-0.1, -0.05) is 86.5 Å². The Morgan fingerprint density at radius 2 is 0.855 bits per heavy atom. The van der Waals surface area contributed by atoms with Crippen molar-refractivity contribution in [2.24, 2.45) is 0 Å². The van der Waals surface area contributed by atoms with E-state index in [9.17, 15) is 14.3 Å². The average molecular weight is 1490 g/mol. The summed E-state index contributed by atoms with van der Waals surface area (Å²) in [4.78, 5) is 29.9. The topological polar surface area (TPSA) is 108 Å². The normalized spacial score (nSPS) is 15.2. The first kappa shape index (κ1) is 79.8. The fourth-order valence-electron chi connectivity index (χ4n) is 16.2. The van der Waals surface area contributed by atoms with Crippen molar-refractivity contribution in [1.82, 2.24) is 53.2 Å². The number of aliphatic hydroxyl groups is 1. The van der Waals surface area contributed by atoms with Crippen molar-refractivity contribution in [3.8, 4) is 0 Å². The molecule has 13 nitrogen and oxygen atoms in total. The Bertz CT molecular complexity index is 5400. The van der Waals surface area contributed by atoms with E-state index >= 15 is 0 Å². The van der Waals surface area contributed by atoms with Gasteiger partial charge in [-0.3, -0.25) is 24.6 Å². The van der Waals surface area contributed by atoms with Crippen molar-refractivity contribution >= 4 is 108 Å². The van der Waals surface area contributed by atoms with Gasteiger partial charge in [0.25, 0.3) is 5.91 Å². The third-order valence-corrected chi connectivity index (χ3v) is 22.5. The molecule has 0 spiro atoms. The number of nitrogens with one attached hydrogen (secondary N) is 1. The van der Waals surface area contributed by atoms with E-state index in [1.807, 2.05) is 93.2 Å².